The van der Waals surface area contributed by atoms with Crippen molar-refractivity contribution < 1.29 is 36.2 Å². The van der Waals surface area contributed by atoms with Crippen LogP contribution in [0.25, 0.3) is 0 Å². The molecule has 5 nitrogen and oxygen atoms in total. The summed E-state index contributed by atoms with van der Waals surface area (Å²) in [6.45, 7) is 2.54. The number of aliphatic hydroxyl groups excluding tert-OH is 1. The van der Waals surface area contributed by atoms with Crippen molar-refractivity contribution in [3.63, 3.8) is 0 Å². The Morgan fingerprint density at radius 1 is 1.00 bits per heavy atom. The first-order valence-corrected chi connectivity index (χ1v) is 11.7. The highest BCUT2D eigenvalue weighted by molar-refractivity contribution is 5.84. The van der Waals surface area contributed by atoms with Crippen LogP contribution >= 0.6 is 0 Å². The van der Waals surface area contributed by atoms with Gasteiger partial charge in [-0.05, 0) is 54.3 Å². The molecule has 2 aromatic carbocycles. The van der Waals surface area contributed by atoms with Gasteiger partial charge in [0.05, 0.1) is 17.2 Å². The van der Waals surface area contributed by atoms with E-state index < -0.39 is 42.0 Å². The highest BCUT2D eigenvalue weighted by Gasteiger charge is 2.38. The summed E-state index contributed by atoms with van der Waals surface area (Å²) < 4.78 is 79.1. The molecule has 2 aliphatic heterocycles. The van der Waals surface area contributed by atoms with Gasteiger partial charge in [-0.25, -0.2) is 0 Å². The fourth-order valence-electron chi connectivity index (χ4n) is 4.88. The van der Waals surface area contributed by atoms with E-state index in [1.165, 1.54) is 0 Å². The zero-order chi connectivity index (χ0) is 26.1. The van der Waals surface area contributed by atoms with E-state index in [-0.39, 0.29) is 17.7 Å². The molecule has 1 saturated heterocycles. The number of hydrogen-bond donors (Lipinski definition) is 2. The third-order valence-corrected chi connectivity index (χ3v) is 6.63. The first-order chi connectivity index (χ1) is 16.9. The van der Waals surface area contributed by atoms with E-state index in [0.717, 1.165) is 30.5 Å². The molecule has 4 rings (SSSR count). The maximum Gasteiger partial charge on any atom is 0.416 e. The van der Waals surface area contributed by atoms with Crippen molar-refractivity contribution in [2.24, 2.45) is 0 Å². The summed E-state index contributed by atoms with van der Waals surface area (Å²) in [7, 11) is 0. The van der Waals surface area contributed by atoms with E-state index in [0.29, 0.717) is 38.3 Å². The van der Waals surface area contributed by atoms with Gasteiger partial charge >= 0.3 is 12.4 Å². The van der Waals surface area contributed by atoms with Crippen LogP contribution in [0.3, 0.4) is 0 Å². The van der Waals surface area contributed by atoms with E-state index in [4.69, 9.17) is 0 Å². The van der Waals surface area contributed by atoms with Gasteiger partial charge in [-0.3, -0.25) is 14.6 Å². The molecular weight excluding hydrogens is 488 g/mol. The van der Waals surface area contributed by atoms with Crippen LogP contribution in [-0.2, 0) is 30.2 Å². The molecule has 2 unspecified atom stereocenters. The van der Waals surface area contributed by atoms with Crippen molar-refractivity contribution in [1.82, 2.24) is 15.1 Å². The van der Waals surface area contributed by atoms with Crippen LogP contribution in [-0.4, -0.2) is 53.1 Å². The summed E-state index contributed by atoms with van der Waals surface area (Å²) in [6.07, 6.45) is -8.67. The second kappa shape index (κ2) is 10.4. The van der Waals surface area contributed by atoms with Gasteiger partial charge in [-0.15, -0.1) is 0 Å². The van der Waals surface area contributed by atoms with Gasteiger partial charge in [-0.1, -0.05) is 24.3 Å². The highest BCUT2D eigenvalue weighted by Crippen LogP contribution is 2.37. The monoisotopic (exact) mass is 515 g/mol. The van der Waals surface area contributed by atoms with Crippen LogP contribution in [0.4, 0.5) is 26.3 Å². The Balaban J connectivity index is 1.49. The summed E-state index contributed by atoms with van der Waals surface area (Å²) in [6, 6.07) is 7.92. The van der Waals surface area contributed by atoms with Crippen molar-refractivity contribution in [3.8, 4) is 0 Å². The predicted octanol–water partition coefficient (Wildman–Crippen LogP) is 4.35. The molecule has 36 heavy (non-hydrogen) atoms. The number of nitrogens with one attached hydrogen (secondary N) is 1. The molecule has 0 spiro atoms. The first-order valence-electron chi connectivity index (χ1n) is 11.7. The summed E-state index contributed by atoms with van der Waals surface area (Å²) in [5.74, 6) is -0.496. The van der Waals surface area contributed by atoms with Gasteiger partial charge in [0.2, 0.25) is 5.91 Å². The molecule has 11 heteroatoms. The smallest absolute Gasteiger partial charge is 0.392 e. The second-order valence-electron chi connectivity index (χ2n) is 9.30. The lowest BCUT2D eigenvalue weighted by Crippen LogP contribution is -2.44. The molecule has 1 fully saturated rings. The normalized spacial score (nSPS) is 21.4. The van der Waals surface area contributed by atoms with Crippen molar-refractivity contribution >= 4 is 5.91 Å². The average Bonchev–Trinajstić information content (AvgIpc) is 3.18. The number of piperidine rings is 1. The number of halogens is 6. The van der Waals surface area contributed by atoms with Gasteiger partial charge in [0.25, 0.3) is 0 Å². The number of β-amino-alcohol motifs (C(OH)–C–C–N with tert-alkyl or cyclic N) is 1. The molecule has 0 saturated carbocycles. The molecular formula is C25H27F6N3O2. The number of aliphatic hydroxyl groups is 1. The largest absolute Gasteiger partial charge is 0.416 e. The van der Waals surface area contributed by atoms with Crippen LogP contribution in [0, 0.1) is 0 Å². The third-order valence-electron chi connectivity index (χ3n) is 6.63. The Kier molecular flexibility index (Phi) is 7.63. The van der Waals surface area contributed by atoms with Gasteiger partial charge < -0.3 is 10.4 Å². The lowest BCUT2D eigenvalue weighted by molar-refractivity contribution is -0.143. The van der Waals surface area contributed by atoms with Gasteiger partial charge in [0, 0.05) is 32.7 Å². The van der Waals surface area contributed by atoms with Crippen LogP contribution < -0.4 is 5.32 Å². The molecule has 2 aromatic rings. The summed E-state index contributed by atoms with van der Waals surface area (Å²) in [4.78, 5) is 17.3. The maximum atomic E-state index is 13.2. The predicted molar refractivity (Wildman–Crippen MR) is 120 cm³/mol. The topological polar surface area (TPSA) is 55.8 Å². The standard InChI is InChI=1S/C25H27F6N3O2/c26-24(27,28)18-10-16(11-19(12-18)25(29,30)31)13-32-23(36)22-21-6-2-1-4-17(21)14-34(22)9-8-33-7-3-5-20(35)15-33/h1-2,4,6,10-12,20,22,35H,3,5,7-9,13-15H2,(H,32,36). The van der Waals surface area contributed by atoms with E-state index in [1.807, 2.05) is 17.0 Å². The summed E-state index contributed by atoms with van der Waals surface area (Å²) >= 11 is 0. The number of fused-ring (bicyclic) bond motifs is 1. The van der Waals surface area contributed by atoms with E-state index in [2.05, 4.69) is 10.2 Å². The Bertz CT molecular complexity index is 1060. The molecule has 196 valence electrons. The SMILES string of the molecule is O=C(NCc1cc(C(F)(F)F)cc(C(F)(F)F)c1)C1c2ccccc2CN1CCN1CCCC(O)C1. The number of likely N-dealkylation sites (tertiary alicyclic amines) is 1. The molecule has 2 atom stereocenters. The number of amides is 1. The van der Waals surface area contributed by atoms with Crippen molar-refractivity contribution in [3.05, 3.63) is 70.3 Å². The number of benzene rings is 2. The lowest BCUT2D eigenvalue weighted by atomic mass is 10.0. The Labute approximate surface area is 204 Å². The van der Waals surface area contributed by atoms with E-state index >= 15 is 0 Å². The number of nitrogens with zero attached hydrogens (tertiary/aromatic N) is 2. The Morgan fingerprint density at radius 2 is 1.67 bits per heavy atom. The van der Waals surface area contributed by atoms with E-state index in [1.54, 1.807) is 12.1 Å². The van der Waals surface area contributed by atoms with Crippen molar-refractivity contribution in [2.45, 2.75) is 50.4 Å². The minimum Gasteiger partial charge on any atom is -0.392 e. The molecule has 0 radical (unpaired) electrons. The second-order valence-corrected chi connectivity index (χ2v) is 9.30. The number of alkyl halides is 6. The zero-order valence-corrected chi connectivity index (χ0v) is 19.4. The van der Waals surface area contributed by atoms with Crippen LogP contribution in [0.1, 0.15) is 46.7 Å². The van der Waals surface area contributed by atoms with Crippen LogP contribution in [0.2, 0.25) is 0 Å². The highest BCUT2D eigenvalue weighted by atomic mass is 19.4. The molecule has 2 heterocycles. The number of rotatable bonds is 6. The quantitative estimate of drug-likeness (QED) is 0.562. The fraction of sp³-hybridized carbons (Fsp3) is 0.480. The third kappa shape index (κ3) is 6.19. The molecule has 2 N–H and O–H groups in total. The molecule has 0 aromatic heterocycles. The number of carbonyl (C=O) groups excluding carboxylic acids is 1. The maximum absolute atomic E-state index is 13.2. The molecule has 1 amide bonds. The lowest BCUT2D eigenvalue weighted by Gasteiger charge is -2.32. The molecule has 0 aliphatic carbocycles. The fourth-order valence-corrected chi connectivity index (χ4v) is 4.88. The minimum atomic E-state index is -4.96. The Hall–Kier alpha value is -2.63. The summed E-state index contributed by atoms with van der Waals surface area (Å²) in [5.41, 5.74) is -1.43. The van der Waals surface area contributed by atoms with E-state index in [9.17, 15) is 36.2 Å². The summed E-state index contributed by atoms with van der Waals surface area (Å²) in [5, 5.41) is 12.5. The Morgan fingerprint density at radius 3 is 2.31 bits per heavy atom. The van der Waals surface area contributed by atoms with Crippen LogP contribution in [0.5, 0.6) is 0 Å². The minimum absolute atomic E-state index is 0.0673. The molecule has 2 aliphatic rings. The number of hydrogen-bond acceptors (Lipinski definition) is 4. The van der Waals surface area contributed by atoms with Crippen molar-refractivity contribution in [2.75, 3.05) is 26.2 Å². The molecule has 0 bridgehead atoms. The van der Waals surface area contributed by atoms with Crippen molar-refractivity contribution in [1.29, 1.82) is 0 Å². The number of carbonyl (C=O) groups is 1. The van der Waals surface area contributed by atoms with Gasteiger partial charge in [-0.2, -0.15) is 26.3 Å². The van der Waals surface area contributed by atoms with Crippen LogP contribution in [0.15, 0.2) is 42.5 Å². The van der Waals surface area contributed by atoms with Gasteiger partial charge in [0.1, 0.15) is 6.04 Å². The van der Waals surface area contributed by atoms with Gasteiger partial charge in [0.15, 0.2) is 0 Å². The first kappa shape index (κ1) is 26.4. The zero-order valence-electron chi connectivity index (χ0n) is 19.4. The average molecular weight is 515 g/mol.